The van der Waals surface area contributed by atoms with Crippen molar-refractivity contribution in [1.29, 1.82) is 0 Å². The molecule has 0 radical (unpaired) electrons. The highest BCUT2D eigenvalue weighted by molar-refractivity contribution is 5.64. The van der Waals surface area contributed by atoms with Gasteiger partial charge in [0.05, 0.1) is 5.69 Å². The van der Waals surface area contributed by atoms with Crippen molar-refractivity contribution in [3.63, 3.8) is 0 Å². The Morgan fingerprint density at radius 3 is 3.00 bits per heavy atom. The van der Waals surface area contributed by atoms with Gasteiger partial charge in [0.15, 0.2) is 5.65 Å². The molecule has 0 amide bonds. The van der Waals surface area contributed by atoms with E-state index in [2.05, 4.69) is 22.1 Å². The maximum Gasteiger partial charge on any atom is 0.248 e. The van der Waals surface area contributed by atoms with Crippen LogP contribution in [0.2, 0.25) is 0 Å². The summed E-state index contributed by atoms with van der Waals surface area (Å²) < 4.78 is 1.83. The quantitative estimate of drug-likeness (QED) is 0.740. The number of aromatic nitrogens is 4. The van der Waals surface area contributed by atoms with Crippen molar-refractivity contribution < 1.29 is 0 Å². The Labute approximate surface area is 103 Å². The molecule has 0 fully saturated rings. The molecule has 0 aliphatic rings. The Morgan fingerprint density at radius 2 is 2.17 bits per heavy atom. The molecule has 0 aromatic carbocycles. The average Bonchev–Trinajstić information content (AvgIpc) is 2.85. The van der Waals surface area contributed by atoms with E-state index in [-0.39, 0.29) is 5.56 Å². The number of rotatable bonds is 2. The second-order valence-corrected chi connectivity index (χ2v) is 4.09. The van der Waals surface area contributed by atoms with Gasteiger partial charge in [0.2, 0.25) is 5.56 Å². The molecule has 5 heteroatoms. The Kier molecular flexibility index (Phi) is 2.44. The molecule has 18 heavy (non-hydrogen) atoms. The van der Waals surface area contributed by atoms with Crippen LogP contribution in [-0.4, -0.2) is 19.6 Å². The molecule has 5 nitrogen and oxygen atoms in total. The molecular formula is C13H12N4O. The van der Waals surface area contributed by atoms with Crippen molar-refractivity contribution in [1.82, 2.24) is 19.6 Å². The molecule has 0 aliphatic carbocycles. The zero-order valence-corrected chi connectivity index (χ0v) is 9.92. The Bertz CT molecular complexity index is 757. The van der Waals surface area contributed by atoms with Gasteiger partial charge in [0, 0.05) is 17.8 Å². The minimum atomic E-state index is -0.0916. The third-order valence-electron chi connectivity index (χ3n) is 2.97. The van der Waals surface area contributed by atoms with Crippen molar-refractivity contribution in [2.45, 2.75) is 13.3 Å². The lowest BCUT2D eigenvalue weighted by molar-refractivity contribution is 1.08. The molecular weight excluding hydrogens is 228 g/mol. The van der Waals surface area contributed by atoms with Crippen molar-refractivity contribution in [2.75, 3.05) is 0 Å². The van der Waals surface area contributed by atoms with Crippen LogP contribution in [0.3, 0.4) is 0 Å². The summed E-state index contributed by atoms with van der Waals surface area (Å²) in [6, 6.07) is 7.24. The Hall–Kier alpha value is -2.43. The third-order valence-corrected chi connectivity index (χ3v) is 2.97. The molecule has 0 saturated carbocycles. The second-order valence-electron chi connectivity index (χ2n) is 4.09. The molecule has 3 rings (SSSR count). The van der Waals surface area contributed by atoms with E-state index in [1.807, 2.05) is 28.8 Å². The topological polar surface area (TPSA) is 63.0 Å². The van der Waals surface area contributed by atoms with Crippen LogP contribution in [0, 0.1) is 0 Å². The smallest absolute Gasteiger partial charge is 0.248 e. The number of nitrogens with zero attached hydrogens (tertiary/aromatic N) is 3. The monoisotopic (exact) mass is 240 g/mol. The summed E-state index contributed by atoms with van der Waals surface area (Å²) in [5.74, 6) is 0. The van der Waals surface area contributed by atoms with Gasteiger partial charge in [-0.05, 0) is 24.1 Å². The summed E-state index contributed by atoms with van der Waals surface area (Å²) >= 11 is 0. The first-order chi connectivity index (χ1) is 8.78. The predicted octanol–water partition coefficient (Wildman–Crippen LogP) is 1.65. The van der Waals surface area contributed by atoms with Crippen molar-refractivity contribution in [2.24, 2.45) is 0 Å². The number of aryl methyl sites for hydroxylation is 1. The lowest BCUT2D eigenvalue weighted by Gasteiger charge is -2.07. The fourth-order valence-corrected chi connectivity index (χ4v) is 2.03. The molecule has 90 valence electrons. The lowest BCUT2D eigenvalue weighted by Crippen LogP contribution is -2.07. The number of aromatic amines is 1. The van der Waals surface area contributed by atoms with Crippen LogP contribution in [0.5, 0.6) is 0 Å². The Balaban J connectivity index is 2.24. The second kappa shape index (κ2) is 4.10. The van der Waals surface area contributed by atoms with Gasteiger partial charge < -0.3 is 4.98 Å². The highest BCUT2D eigenvalue weighted by atomic mass is 16.1. The number of nitrogens with one attached hydrogen (secondary N) is 1. The van der Waals surface area contributed by atoms with Crippen LogP contribution in [0.15, 0.2) is 41.6 Å². The van der Waals surface area contributed by atoms with Gasteiger partial charge in [-0.2, -0.15) is 0 Å². The van der Waals surface area contributed by atoms with Gasteiger partial charge in [-0.1, -0.05) is 13.0 Å². The maximum absolute atomic E-state index is 11.5. The molecule has 0 atom stereocenters. The summed E-state index contributed by atoms with van der Waals surface area (Å²) in [5, 5.41) is 7.79. The first-order valence-corrected chi connectivity index (χ1v) is 5.80. The van der Waals surface area contributed by atoms with E-state index in [9.17, 15) is 4.79 Å². The third kappa shape index (κ3) is 1.69. The van der Waals surface area contributed by atoms with Gasteiger partial charge >= 0.3 is 0 Å². The number of hydrogen-bond acceptors (Lipinski definition) is 3. The Morgan fingerprint density at radius 1 is 1.28 bits per heavy atom. The first kappa shape index (κ1) is 10.7. The average molecular weight is 240 g/mol. The molecule has 3 aromatic heterocycles. The van der Waals surface area contributed by atoms with E-state index < -0.39 is 0 Å². The molecule has 1 N–H and O–H groups in total. The van der Waals surface area contributed by atoms with E-state index >= 15 is 0 Å². The molecule has 0 spiro atoms. The van der Waals surface area contributed by atoms with Crippen LogP contribution in [-0.2, 0) is 6.42 Å². The number of hydrogen-bond donors (Lipinski definition) is 1. The summed E-state index contributed by atoms with van der Waals surface area (Å²) in [5.41, 5.74) is 3.63. The molecule has 3 aromatic rings. The van der Waals surface area contributed by atoms with Crippen LogP contribution in [0.4, 0.5) is 0 Å². The van der Waals surface area contributed by atoms with Gasteiger partial charge in [-0.3, -0.25) is 9.20 Å². The summed E-state index contributed by atoms with van der Waals surface area (Å²) in [6.45, 7) is 2.06. The lowest BCUT2D eigenvalue weighted by atomic mass is 10.1. The highest BCUT2D eigenvalue weighted by Gasteiger charge is 2.06. The minimum Gasteiger partial charge on any atom is -0.322 e. The van der Waals surface area contributed by atoms with E-state index in [0.29, 0.717) is 0 Å². The van der Waals surface area contributed by atoms with Crippen LogP contribution in [0.25, 0.3) is 16.9 Å². The van der Waals surface area contributed by atoms with Crippen molar-refractivity contribution in [3.05, 3.63) is 52.7 Å². The zero-order valence-electron chi connectivity index (χ0n) is 9.92. The van der Waals surface area contributed by atoms with Gasteiger partial charge in [0.25, 0.3) is 0 Å². The van der Waals surface area contributed by atoms with Gasteiger partial charge in [-0.25, -0.2) is 0 Å². The van der Waals surface area contributed by atoms with E-state index in [1.54, 1.807) is 12.4 Å². The molecule has 3 heterocycles. The van der Waals surface area contributed by atoms with E-state index in [1.165, 1.54) is 0 Å². The minimum absolute atomic E-state index is 0.0916. The van der Waals surface area contributed by atoms with Crippen molar-refractivity contribution >= 4 is 5.65 Å². The number of pyridine rings is 2. The summed E-state index contributed by atoms with van der Waals surface area (Å²) in [7, 11) is 0. The standard InChI is InChI=1S/C13H12N4O/c1-2-9-4-6-12(18)15-13(9)10-3-5-11-16-14-8-17(11)7-10/h3-8H,2H2,1H3,(H,15,18). The van der Waals surface area contributed by atoms with Gasteiger partial charge in [0.1, 0.15) is 6.33 Å². The number of fused-ring (bicyclic) bond motifs is 1. The number of H-pyrrole nitrogens is 1. The van der Waals surface area contributed by atoms with Crippen LogP contribution >= 0.6 is 0 Å². The largest absolute Gasteiger partial charge is 0.322 e. The first-order valence-electron chi connectivity index (χ1n) is 5.80. The zero-order chi connectivity index (χ0) is 12.5. The predicted molar refractivity (Wildman–Crippen MR) is 68.4 cm³/mol. The van der Waals surface area contributed by atoms with E-state index in [0.717, 1.165) is 28.9 Å². The summed E-state index contributed by atoms with van der Waals surface area (Å²) in [4.78, 5) is 14.3. The maximum atomic E-state index is 11.5. The SMILES string of the molecule is CCc1ccc(=O)[nH]c1-c1ccc2nncn2c1. The summed E-state index contributed by atoms with van der Waals surface area (Å²) in [6.07, 6.45) is 4.43. The molecule has 0 saturated heterocycles. The fraction of sp³-hybridized carbons (Fsp3) is 0.154. The normalized spacial score (nSPS) is 10.9. The van der Waals surface area contributed by atoms with E-state index in [4.69, 9.17) is 0 Å². The van der Waals surface area contributed by atoms with Gasteiger partial charge in [-0.15, -0.1) is 10.2 Å². The van der Waals surface area contributed by atoms with Crippen LogP contribution in [0.1, 0.15) is 12.5 Å². The molecule has 0 unspecified atom stereocenters. The fourth-order valence-electron chi connectivity index (χ4n) is 2.03. The molecule has 0 aliphatic heterocycles. The molecule has 0 bridgehead atoms. The van der Waals surface area contributed by atoms with Crippen molar-refractivity contribution in [3.8, 4) is 11.3 Å². The van der Waals surface area contributed by atoms with Crippen LogP contribution < -0.4 is 5.56 Å². The highest BCUT2D eigenvalue weighted by Crippen LogP contribution is 2.20.